The first-order valence-corrected chi connectivity index (χ1v) is 6.22. The number of benzene rings is 1. The van der Waals surface area contributed by atoms with Crippen LogP contribution in [0.5, 0.6) is 5.75 Å². The maximum absolute atomic E-state index is 5.72. The topological polar surface area (TPSA) is 21.3 Å². The highest BCUT2D eigenvalue weighted by Crippen LogP contribution is 2.14. The van der Waals surface area contributed by atoms with Crippen molar-refractivity contribution < 1.29 is 4.74 Å². The highest BCUT2D eigenvalue weighted by atomic mass is 16.5. The van der Waals surface area contributed by atoms with Crippen LogP contribution in [0.3, 0.4) is 0 Å². The van der Waals surface area contributed by atoms with Gasteiger partial charge in [-0.25, -0.2) is 0 Å². The molecule has 90 valence electrons. The van der Waals surface area contributed by atoms with Crippen LogP contribution in [0.4, 0.5) is 0 Å². The molecule has 1 rings (SSSR count). The number of ether oxygens (including phenoxy) is 1. The molecule has 0 amide bonds. The SMILES string of the molecule is CCCNCc1ccc(O[C@H](C)CC)cc1. The van der Waals surface area contributed by atoms with Crippen molar-refractivity contribution in [3.05, 3.63) is 29.8 Å². The Morgan fingerprint density at radius 3 is 2.44 bits per heavy atom. The molecule has 16 heavy (non-hydrogen) atoms. The Morgan fingerprint density at radius 2 is 1.88 bits per heavy atom. The van der Waals surface area contributed by atoms with E-state index >= 15 is 0 Å². The summed E-state index contributed by atoms with van der Waals surface area (Å²) in [5.41, 5.74) is 1.31. The monoisotopic (exact) mass is 221 g/mol. The first-order chi connectivity index (χ1) is 7.76. The summed E-state index contributed by atoms with van der Waals surface area (Å²) in [5.74, 6) is 0.966. The number of hydrogen-bond acceptors (Lipinski definition) is 2. The lowest BCUT2D eigenvalue weighted by atomic mass is 10.2. The van der Waals surface area contributed by atoms with Gasteiger partial charge in [0.05, 0.1) is 6.10 Å². The van der Waals surface area contributed by atoms with Gasteiger partial charge in [-0.05, 0) is 44.0 Å². The molecule has 1 aromatic rings. The second kappa shape index (κ2) is 7.29. The minimum atomic E-state index is 0.295. The lowest BCUT2D eigenvalue weighted by molar-refractivity contribution is 0.217. The van der Waals surface area contributed by atoms with E-state index in [4.69, 9.17) is 4.74 Å². The molecule has 0 saturated carbocycles. The summed E-state index contributed by atoms with van der Waals surface area (Å²) in [6.45, 7) is 8.42. The quantitative estimate of drug-likeness (QED) is 0.713. The van der Waals surface area contributed by atoms with E-state index in [1.807, 2.05) is 0 Å². The first kappa shape index (κ1) is 13.0. The Bertz CT molecular complexity index is 281. The van der Waals surface area contributed by atoms with Crippen LogP contribution in [0, 0.1) is 0 Å². The van der Waals surface area contributed by atoms with Crippen molar-refractivity contribution in [1.82, 2.24) is 5.32 Å². The van der Waals surface area contributed by atoms with Crippen molar-refractivity contribution in [2.75, 3.05) is 6.54 Å². The smallest absolute Gasteiger partial charge is 0.119 e. The maximum Gasteiger partial charge on any atom is 0.119 e. The molecule has 0 aliphatic carbocycles. The average molecular weight is 221 g/mol. The fourth-order valence-corrected chi connectivity index (χ4v) is 1.41. The second-order valence-corrected chi connectivity index (χ2v) is 4.16. The molecular weight excluding hydrogens is 198 g/mol. The predicted octanol–water partition coefficient (Wildman–Crippen LogP) is 3.36. The minimum Gasteiger partial charge on any atom is -0.491 e. The van der Waals surface area contributed by atoms with E-state index in [9.17, 15) is 0 Å². The van der Waals surface area contributed by atoms with E-state index in [1.165, 1.54) is 12.0 Å². The molecule has 0 fully saturated rings. The number of hydrogen-bond donors (Lipinski definition) is 1. The summed E-state index contributed by atoms with van der Waals surface area (Å²) >= 11 is 0. The van der Waals surface area contributed by atoms with Gasteiger partial charge in [0.2, 0.25) is 0 Å². The van der Waals surface area contributed by atoms with Crippen LogP contribution in [-0.2, 0) is 6.54 Å². The van der Waals surface area contributed by atoms with Crippen LogP contribution < -0.4 is 10.1 Å². The van der Waals surface area contributed by atoms with E-state index in [-0.39, 0.29) is 0 Å². The van der Waals surface area contributed by atoms with Crippen molar-refractivity contribution in [2.45, 2.75) is 46.3 Å². The van der Waals surface area contributed by atoms with Gasteiger partial charge in [-0.3, -0.25) is 0 Å². The van der Waals surface area contributed by atoms with Crippen LogP contribution in [0.25, 0.3) is 0 Å². The summed E-state index contributed by atoms with van der Waals surface area (Å²) < 4.78 is 5.72. The van der Waals surface area contributed by atoms with Gasteiger partial charge in [0.1, 0.15) is 5.75 Å². The molecular formula is C14H23NO. The van der Waals surface area contributed by atoms with Gasteiger partial charge in [-0.1, -0.05) is 26.0 Å². The molecule has 2 nitrogen and oxygen atoms in total. The molecule has 1 atom stereocenters. The van der Waals surface area contributed by atoms with Crippen LogP contribution in [0.2, 0.25) is 0 Å². The van der Waals surface area contributed by atoms with Crippen LogP contribution in [0.15, 0.2) is 24.3 Å². The van der Waals surface area contributed by atoms with Gasteiger partial charge in [0, 0.05) is 6.54 Å². The van der Waals surface area contributed by atoms with Crippen molar-refractivity contribution in [3.63, 3.8) is 0 Å². The molecule has 0 unspecified atom stereocenters. The van der Waals surface area contributed by atoms with E-state index in [0.29, 0.717) is 6.10 Å². The number of nitrogens with one attached hydrogen (secondary N) is 1. The molecule has 0 heterocycles. The van der Waals surface area contributed by atoms with Crippen molar-refractivity contribution in [3.8, 4) is 5.75 Å². The minimum absolute atomic E-state index is 0.295. The highest BCUT2D eigenvalue weighted by molar-refractivity contribution is 5.27. The third kappa shape index (κ3) is 4.67. The average Bonchev–Trinajstić information content (AvgIpc) is 2.31. The van der Waals surface area contributed by atoms with E-state index in [0.717, 1.165) is 25.3 Å². The third-order valence-electron chi connectivity index (χ3n) is 2.59. The Morgan fingerprint density at radius 1 is 1.19 bits per heavy atom. The van der Waals surface area contributed by atoms with E-state index < -0.39 is 0 Å². The zero-order valence-corrected chi connectivity index (χ0v) is 10.6. The van der Waals surface area contributed by atoms with E-state index in [2.05, 4.69) is 50.4 Å². The van der Waals surface area contributed by atoms with Gasteiger partial charge in [-0.2, -0.15) is 0 Å². The van der Waals surface area contributed by atoms with Crippen molar-refractivity contribution in [1.29, 1.82) is 0 Å². The molecule has 0 aliphatic heterocycles. The van der Waals surface area contributed by atoms with Crippen LogP contribution in [0.1, 0.15) is 39.2 Å². The lowest BCUT2D eigenvalue weighted by Gasteiger charge is -2.12. The summed E-state index contributed by atoms with van der Waals surface area (Å²) in [5, 5.41) is 3.38. The lowest BCUT2D eigenvalue weighted by Crippen LogP contribution is -2.13. The summed E-state index contributed by atoms with van der Waals surface area (Å²) in [6, 6.07) is 8.35. The molecule has 2 heteroatoms. The van der Waals surface area contributed by atoms with Gasteiger partial charge in [-0.15, -0.1) is 0 Å². The first-order valence-electron chi connectivity index (χ1n) is 6.22. The predicted molar refractivity (Wildman–Crippen MR) is 68.8 cm³/mol. The fraction of sp³-hybridized carbons (Fsp3) is 0.571. The molecule has 0 spiro atoms. The second-order valence-electron chi connectivity index (χ2n) is 4.16. The highest BCUT2D eigenvalue weighted by Gasteiger charge is 2.00. The Hall–Kier alpha value is -1.02. The normalized spacial score (nSPS) is 12.4. The molecule has 0 saturated heterocycles. The van der Waals surface area contributed by atoms with Crippen molar-refractivity contribution in [2.24, 2.45) is 0 Å². The largest absolute Gasteiger partial charge is 0.491 e. The van der Waals surface area contributed by atoms with Gasteiger partial charge >= 0.3 is 0 Å². The van der Waals surface area contributed by atoms with Gasteiger partial charge in [0.15, 0.2) is 0 Å². The zero-order chi connectivity index (χ0) is 11.8. The molecule has 0 bridgehead atoms. The van der Waals surface area contributed by atoms with Gasteiger partial charge in [0.25, 0.3) is 0 Å². The summed E-state index contributed by atoms with van der Waals surface area (Å²) in [6.07, 6.45) is 2.51. The third-order valence-corrected chi connectivity index (χ3v) is 2.59. The molecule has 0 radical (unpaired) electrons. The molecule has 0 aromatic heterocycles. The van der Waals surface area contributed by atoms with E-state index in [1.54, 1.807) is 0 Å². The standard InChI is InChI=1S/C14H23NO/c1-4-10-15-11-13-6-8-14(9-7-13)16-12(3)5-2/h6-9,12,15H,4-5,10-11H2,1-3H3/t12-/m1/s1. The van der Waals surface area contributed by atoms with Crippen molar-refractivity contribution >= 4 is 0 Å². The maximum atomic E-state index is 5.72. The Kier molecular flexibility index (Phi) is 5.94. The molecule has 1 N–H and O–H groups in total. The van der Waals surface area contributed by atoms with Gasteiger partial charge < -0.3 is 10.1 Å². The summed E-state index contributed by atoms with van der Waals surface area (Å²) in [7, 11) is 0. The zero-order valence-electron chi connectivity index (χ0n) is 10.6. The van der Waals surface area contributed by atoms with Crippen LogP contribution in [-0.4, -0.2) is 12.6 Å². The fourth-order valence-electron chi connectivity index (χ4n) is 1.41. The Labute approximate surface area is 99.0 Å². The molecule has 0 aliphatic rings. The number of rotatable bonds is 7. The Balaban J connectivity index is 2.41. The summed E-state index contributed by atoms with van der Waals surface area (Å²) in [4.78, 5) is 0. The molecule has 1 aromatic carbocycles. The van der Waals surface area contributed by atoms with Crippen LogP contribution >= 0.6 is 0 Å².